The molecule has 1 aliphatic rings. The molecule has 142 valence electrons. The maximum atomic E-state index is 12.5. The van der Waals surface area contributed by atoms with E-state index in [4.69, 9.17) is 16.3 Å². The molecule has 2 N–H and O–H groups in total. The van der Waals surface area contributed by atoms with E-state index in [-0.39, 0.29) is 11.9 Å². The van der Waals surface area contributed by atoms with Crippen molar-refractivity contribution in [3.05, 3.63) is 76.3 Å². The Labute approximate surface area is 165 Å². The number of hydrogen-bond donors (Lipinski definition) is 2. The fourth-order valence-corrected chi connectivity index (χ4v) is 3.38. The van der Waals surface area contributed by atoms with Gasteiger partial charge in [0.2, 0.25) is 5.91 Å². The van der Waals surface area contributed by atoms with Crippen molar-refractivity contribution >= 4 is 23.6 Å². The van der Waals surface area contributed by atoms with E-state index in [0.29, 0.717) is 5.02 Å². The van der Waals surface area contributed by atoms with E-state index >= 15 is 0 Å². The van der Waals surface area contributed by atoms with E-state index in [2.05, 4.69) is 17.4 Å². The number of nitrogens with one attached hydrogen (secondary N) is 2. The maximum absolute atomic E-state index is 12.5. The Hall–Kier alpha value is -2.14. The van der Waals surface area contributed by atoms with Gasteiger partial charge in [0.25, 0.3) is 0 Å². The average Bonchev–Trinajstić information content (AvgIpc) is 2.70. The molecule has 0 unspecified atom stereocenters. The van der Waals surface area contributed by atoms with Crippen LogP contribution in [-0.4, -0.2) is 38.8 Å². The Morgan fingerprint density at radius 2 is 1.96 bits per heavy atom. The second-order valence-corrected chi connectivity index (χ2v) is 7.29. The normalized spacial score (nSPS) is 16.4. The second-order valence-electron chi connectivity index (χ2n) is 6.88. The lowest BCUT2D eigenvalue weighted by Gasteiger charge is -2.28. The molecule has 0 aliphatic carbocycles. The highest BCUT2D eigenvalue weighted by molar-refractivity contribution is 6.31. The Morgan fingerprint density at radius 3 is 2.67 bits per heavy atom. The van der Waals surface area contributed by atoms with Gasteiger partial charge in [-0.15, -0.1) is 0 Å². The minimum absolute atomic E-state index is 0.0296. The van der Waals surface area contributed by atoms with Crippen LogP contribution in [0.1, 0.15) is 22.7 Å². The lowest BCUT2D eigenvalue weighted by Crippen LogP contribution is -3.14. The van der Waals surface area contributed by atoms with Gasteiger partial charge in [0.15, 0.2) is 0 Å². The van der Waals surface area contributed by atoms with Crippen molar-refractivity contribution in [2.45, 2.75) is 13.0 Å². The zero-order valence-corrected chi connectivity index (χ0v) is 16.3. The van der Waals surface area contributed by atoms with Gasteiger partial charge in [0.1, 0.15) is 25.7 Å². The minimum atomic E-state index is -0.104. The van der Waals surface area contributed by atoms with Crippen LogP contribution in [0.2, 0.25) is 5.02 Å². The van der Waals surface area contributed by atoms with E-state index in [0.717, 1.165) is 49.5 Å². The first-order valence-corrected chi connectivity index (χ1v) is 9.70. The SMILES string of the molecule is Cc1ccc(/C=C/C(=O)N[C@H](C[NH+]2CCOCC2)c2ccccc2)cc1Cl. The Kier molecular flexibility index (Phi) is 7.04. The fraction of sp³-hybridized carbons (Fsp3) is 0.318. The standard InChI is InChI=1S/C22H25ClN2O2/c1-17-7-8-18(15-20(17)23)9-10-22(26)24-21(19-5-3-2-4-6-19)16-25-11-13-27-14-12-25/h2-10,15,21H,11-14,16H2,1H3,(H,24,26)/p+1/b10-9+/t21-/m1/s1. The van der Waals surface area contributed by atoms with Crippen LogP contribution in [0.4, 0.5) is 0 Å². The lowest BCUT2D eigenvalue weighted by atomic mass is 10.1. The van der Waals surface area contributed by atoms with Gasteiger partial charge in [-0.1, -0.05) is 54.1 Å². The number of halogens is 1. The third-order valence-corrected chi connectivity index (χ3v) is 5.24. The Balaban J connectivity index is 1.67. The number of rotatable bonds is 6. The zero-order valence-electron chi connectivity index (χ0n) is 15.6. The molecular formula is C22H26ClN2O2+. The first-order chi connectivity index (χ1) is 13.1. The van der Waals surface area contributed by atoms with Crippen molar-refractivity contribution in [3.63, 3.8) is 0 Å². The molecule has 0 bridgehead atoms. The number of aryl methyl sites for hydroxylation is 1. The van der Waals surface area contributed by atoms with Crippen LogP contribution in [0.3, 0.4) is 0 Å². The highest BCUT2D eigenvalue weighted by atomic mass is 35.5. The number of carbonyl (C=O) groups excluding carboxylic acids is 1. The molecule has 27 heavy (non-hydrogen) atoms. The molecule has 0 spiro atoms. The molecule has 1 heterocycles. The highest BCUT2D eigenvalue weighted by Crippen LogP contribution is 2.17. The molecule has 5 heteroatoms. The molecule has 2 aromatic rings. The average molecular weight is 386 g/mol. The first kappa shape index (κ1) is 19.6. The molecule has 1 amide bonds. The van der Waals surface area contributed by atoms with Crippen LogP contribution in [0.25, 0.3) is 6.08 Å². The van der Waals surface area contributed by atoms with Crippen LogP contribution in [-0.2, 0) is 9.53 Å². The summed E-state index contributed by atoms with van der Waals surface area (Å²) in [5.41, 5.74) is 3.06. The lowest BCUT2D eigenvalue weighted by molar-refractivity contribution is -0.909. The number of benzene rings is 2. The predicted molar refractivity (Wildman–Crippen MR) is 109 cm³/mol. The fourth-order valence-electron chi connectivity index (χ4n) is 3.19. The number of ether oxygens (including phenoxy) is 1. The van der Waals surface area contributed by atoms with Crippen molar-refractivity contribution in [1.29, 1.82) is 0 Å². The van der Waals surface area contributed by atoms with Gasteiger partial charge in [-0.25, -0.2) is 0 Å². The quantitative estimate of drug-likeness (QED) is 0.750. The van der Waals surface area contributed by atoms with Gasteiger partial charge in [-0.3, -0.25) is 4.79 Å². The molecule has 1 fully saturated rings. The Bertz CT molecular complexity index is 786. The molecule has 1 atom stereocenters. The molecule has 2 aromatic carbocycles. The molecule has 1 aliphatic heterocycles. The van der Waals surface area contributed by atoms with Crippen molar-refractivity contribution in [3.8, 4) is 0 Å². The Morgan fingerprint density at radius 1 is 1.22 bits per heavy atom. The van der Waals surface area contributed by atoms with Crippen LogP contribution in [0.15, 0.2) is 54.6 Å². The molecule has 4 nitrogen and oxygen atoms in total. The van der Waals surface area contributed by atoms with Crippen LogP contribution < -0.4 is 10.2 Å². The largest absolute Gasteiger partial charge is 0.370 e. The van der Waals surface area contributed by atoms with Crippen molar-refractivity contribution in [2.24, 2.45) is 0 Å². The summed E-state index contributed by atoms with van der Waals surface area (Å²) in [7, 11) is 0. The molecule has 1 saturated heterocycles. The van der Waals surface area contributed by atoms with E-state index in [9.17, 15) is 4.79 Å². The number of carbonyl (C=O) groups is 1. The van der Waals surface area contributed by atoms with Crippen LogP contribution in [0.5, 0.6) is 0 Å². The third kappa shape index (κ3) is 5.93. The smallest absolute Gasteiger partial charge is 0.244 e. The zero-order chi connectivity index (χ0) is 19.1. The molecule has 0 radical (unpaired) electrons. The summed E-state index contributed by atoms with van der Waals surface area (Å²) in [6.45, 7) is 6.30. The molecule has 0 saturated carbocycles. The summed E-state index contributed by atoms with van der Waals surface area (Å²) in [5, 5.41) is 3.86. The molecule has 0 aromatic heterocycles. The van der Waals surface area contributed by atoms with Crippen LogP contribution >= 0.6 is 11.6 Å². The molecule has 3 rings (SSSR count). The van der Waals surface area contributed by atoms with Gasteiger partial charge >= 0.3 is 0 Å². The van der Waals surface area contributed by atoms with Crippen molar-refractivity contribution in [1.82, 2.24) is 5.32 Å². The summed E-state index contributed by atoms with van der Waals surface area (Å²) in [4.78, 5) is 14.0. The number of amides is 1. The number of quaternary nitrogens is 1. The van der Waals surface area contributed by atoms with E-state index in [1.54, 1.807) is 12.2 Å². The second kappa shape index (κ2) is 9.70. The van der Waals surface area contributed by atoms with E-state index in [1.165, 1.54) is 4.90 Å². The van der Waals surface area contributed by atoms with Gasteiger partial charge in [-0.2, -0.15) is 0 Å². The van der Waals surface area contributed by atoms with Crippen LogP contribution in [0, 0.1) is 6.92 Å². The summed E-state index contributed by atoms with van der Waals surface area (Å²) in [6, 6.07) is 15.9. The van der Waals surface area contributed by atoms with Gasteiger partial charge < -0.3 is 15.0 Å². The molecular weight excluding hydrogens is 360 g/mol. The first-order valence-electron chi connectivity index (χ1n) is 9.33. The summed E-state index contributed by atoms with van der Waals surface area (Å²) in [6.07, 6.45) is 3.37. The highest BCUT2D eigenvalue weighted by Gasteiger charge is 2.22. The van der Waals surface area contributed by atoms with Gasteiger partial charge in [0.05, 0.1) is 13.2 Å². The maximum Gasteiger partial charge on any atom is 0.244 e. The summed E-state index contributed by atoms with van der Waals surface area (Å²) >= 11 is 6.15. The third-order valence-electron chi connectivity index (χ3n) is 4.83. The van der Waals surface area contributed by atoms with Crippen molar-refractivity contribution in [2.75, 3.05) is 32.8 Å². The number of morpholine rings is 1. The van der Waals surface area contributed by atoms with Gasteiger partial charge in [0, 0.05) is 11.1 Å². The monoisotopic (exact) mass is 385 g/mol. The van der Waals surface area contributed by atoms with E-state index < -0.39 is 0 Å². The van der Waals surface area contributed by atoms with Crippen molar-refractivity contribution < 1.29 is 14.4 Å². The predicted octanol–water partition coefficient (Wildman–Crippen LogP) is 2.43. The van der Waals surface area contributed by atoms with E-state index in [1.807, 2.05) is 43.3 Å². The topological polar surface area (TPSA) is 42.8 Å². The van der Waals surface area contributed by atoms with Gasteiger partial charge in [-0.05, 0) is 35.8 Å². The summed E-state index contributed by atoms with van der Waals surface area (Å²) < 4.78 is 5.44. The number of hydrogen-bond acceptors (Lipinski definition) is 2. The summed E-state index contributed by atoms with van der Waals surface area (Å²) in [5.74, 6) is -0.104. The minimum Gasteiger partial charge on any atom is -0.370 e.